The number of hydrogen-bond acceptors (Lipinski definition) is 6. The monoisotopic (exact) mass is 484 g/mol. The highest BCUT2D eigenvalue weighted by molar-refractivity contribution is 6.02. The van der Waals surface area contributed by atoms with Crippen LogP contribution >= 0.6 is 0 Å². The molecule has 9 heteroatoms. The quantitative estimate of drug-likeness (QED) is 0.415. The van der Waals surface area contributed by atoms with E-state index >= 15 is 0 Å². The van der Waals surface area contributed by atoms with Crippen molar-refractivity contribution in [1.29, 1.82) is 0 Å². The largest absolute Gasteiger partial charge is 0.497 e. The number of methoxy groups -OCH3 is 1. The fraction of sp³-hybridized carbons (Fsp3) is 0.370. The average Bonchev–Trinajstić information content (AvgIpc) is 3.62. The number of amides is 1. The van der Waals surface area contributed by atoms with E-state index in [2.05, 4.69) is 19.9 Å². The molecule has 1 amide bonds. The highest BCUT2D eigenvalue weighted by Gasteiger charge is 2.34. The van der Waals surface area contributed by atoms with Crippen LogP contribution in [0.5, 0.6) is 5.75 Å². The van der Waals surface area contributed by atoms with Crippen LogP contribution in [0.1, 0.15) is 59.3 Å². The molecule has 0 bridgehead atoms. The molecule has 2 aliphatic rings. The number of para-hydroxylation sites is 1. The number of ketones is 1. The van der Waals surface area contributed by atoms with E-state index in [0.29, 0.717) is 32.6 Å². The van der Waals surface area contributed by atoms with Crippen LogP contribution in [0.25, 0.3) is 11.0 Å². The second-order valence-electron chi connectivity index (χ2n) is 9.61. The zero-order valence-corrected chi connectivity index (χ0v) is 20.2. The summed E-state index contributed by atoms with van der Waals surface area (Å²) in [5.74, 6) is 2.15. The molecule has 1 atom stereocenters. The number of hydrogen-bond donors (Lipinski definition) is 0. The summed E-state index contributed by atoms with van der Waals surface area (Å²) in [5, 5.41) is 8.55. The van der Waals surface area contributed by atoms with Gasteiger partial charge in [-0.25, -0.2) is 9.67 Å². The number of fused-ring (bicyclic) bond motifs is 2. The van der Waals surface area contributed by atoms with Crippen LogP contribution in [0.4, 0.5) is 0 Å². The van der Waals surface area contributed by atoms with E-state index < -0.39 is 0 Å². The molecule has 0 saturated carbocycles. The first-order chi connectivity index (χ1) is 17.6. The third kappa shape index (κ3) is 4.04. The Morgan fingerprint density at radius 3 is 2.81 bits per heavy atom. The third-order valence-electron chi connectivity index (χ3n) is 7.52. The summed E-state index contributed by atoms with van der Waals surface area (Å²) >= 11 is 0. The van der Waals surface area contributed by atoms with E-state index in [1.54, 1.807) is 13.2 Å². The first-order valence-electron chi connectivity index (χ1n) is 12.4. The molecule has 3 heterocycles. The van der Waals surface area contributed by atoms with Crippen molar-refractivity contribution >= 4 is 22.7 Å². The first-order valence-corrected chi connectivity index (χ1v) is 12.4. The summed E-state index contributed by atoms with van der Waals surface area (Å²) in [5.41, 5.74) is 3.52. The molecule has 9 nitrogen and oxygen atoms in total. The van der Waals surface area contributed by atoms with Crippen molar-refractivity contribution in [2.45, 2.75) is 44.2 Å². The van der Waals surface area contributed by atoms with Gasteiger partial charge in [-0.3, -0.25) is 9.59 Å². The Balaban J connectivity index is 1.10. The Morgan fingerprint density at radius 2 is 1.97 bits per heavy atom. The second kappa shape index (κ2) is 9.22. The molecule has 1 saturated heterocycles. The molecule has 0 spiro atoms. The molecule has 1 aliphatic heterocycles. The maximum absolute atomic E-state index is 13.2. The van der Waals surface area contributed by atoms with Crippen molar-refractivity contribution in [3.05, 3.63) is 71.8 Å². The number of nitrogens with zero attached hydrogens (tertiary/aromatic N) is 6. The van der Waals surface area contributed by atoms with E-state index in [1.807, 2.05) is 58.4 Å². The maximum atomic E-state index is 13.2. The first kappa shape index (κ1) is 22.5. The van der Waals surface area contributed by atoms with Gasteiger partial charge in [0.1, 0.15) is 23.8 Å². The molecule has 0 radical (unpaired) electrons. The fourth-order valence-electron chi connectivity index (χ4n) is 5.58. The molecular weight excluding hydrogens is 456 g/mol. The summed E-state index contributed by atoms with van der Waals surface area (Å²) in [6.45, 7) is 1.93. The van der Waals surface area contributed by atoms with Crippen molar-refractivity contribution in [2.24, 2.45) is 0 Å². The summed E-state index contributed by atoms with van der Waals surface area (Å²) in [6, 6.07) is 13.4. The van der Waals surface area contributed by atoms with Gasteiger partial charge in [0.25, 0.3) is 0 Å². The van der Waals surface area contributed by atoms with Crippen molar-refractivity contribution < 1.29 is 14.3 Å². The van der Waals surface area contributed by atoms with Gasteiger partial charge in [0, 0.05) is 55.7 Å². The Kier molecular flexibility index (Phi) is 5.75. The Morgan fingerprint density at radius 1 is 1.14 bits per heavy atom. The number of carbonyl (C=O) groups is 2. The number of ether oxygens (including phenoxy) is 1. The Labute approximate surface area is 208 Å². The van der Waals surface area contributed by atoms with E-state index in [-0.39, 0.29) is 23.5 Å². The molecule has 184 valence electrons. The SMILES string of the molecule is COc1ccc2c(c1)C(CC(=O)N1CCC(c3nccn3Cn3nnc4ccccc43)CC1)CC2=O. The number of Topliss-reactive ketones (excluding diaryl/α,β-unsaturated/α-hetero) is 1. The zero-order valence-electron chi connectivity index (χ0n) is 20.2. The minimum atomic E-state index is -0.0794. The minimum Gasteiger partial charge on any atom is -0.497 e. The third-order valence-corrected chi connectivity index (χ3v) is 7.52. The van der Waals surface area contributed by atoms with Gasteiger partial charge in [-0.05, 0) is 48.7 Å². The molecule has 36 heavy (non-hydrogen) atoms. The second-order valence-corrected chi connectivity index (χ2v) is 9.61. The Hall–Kier alpha value is -4.01. The van der Waals surface area contributed by atoms with Crippen LogP contribution in [0.3, 0.4) is 0 Å². The molecule has 1 fully saturated rings. The highest BCUT2D eigenvalue weighted by atomic mass is 16.5. The molecule has 1 aliphatic carbocycles. The predicted octanol–water partition coefficient (Wildman–Crippen LogP) is 3.61. The molecule has 2 aromatic carbocycles. The Bertz CT molecular complexity index is 1430. The lowest BCUT2D eigenvalue weighted by molar-refractivity contribution is -0.132. The number of imidazole rings is 1. The molecule has 6 rings (SSSR count). The van der Waals surface area contributed by atoms with E-state index in [0.717, 1.165) is 46.6 Å². The summed E-state index contributed by atoms with van der Waals surface area (Å²) in [7, 11) is 1.61. The molecule has 0 N–H and O–H groups in total. The summed E-state index contributed by atoms with van der Waals surface area (Å²) < 4.78 is 9.34. The van der Waals surface area contributed by atoms with Gasteiger partial charge < -0.3 is 14.2 Å². The van der Waals surface area contributed by atoms with Crippen molar-refractivity contribution in [2.75, 3.05) is 20.2 Å². The van der Waals surface area contributed by atoms with Crippen LogP contribution in [-0.2, 0) is 11.5 Å². The van der Waals surface area contributed by atoms with E-state index in [1.165, 1.54) is 0 Å². The topological polar surface area (TPSA) is 95.1 Å². The fourth-order valence-corrected chi connectivity index (χ4v) is 5.58. The van der Waals surface area contributed by atoms with Crippen LogP contribution in [0.2, 0.25) is 0 Å². The van der Waals surface area contributed by atoms with E-state index in [9.17, 15) is 9.59 Å². The van der Waals surface area contributed by atoms with Gasteiger partial charge in [-0.1, -0.05) is 17.3 Å². The van der Waals surface area contributed by atoms with Gasteiger partial charge in [0.2, 0.25) is 5.91 Å². The lowest BCUT2D eigenvalue weighted by Gasteiger charge is -2.32. The van der Waals surface area contributed by atoms with Gasteiger partial charge >= 0.3 is 0 Å². The van der Waals surface area contributed by atoms with Crippen LogP contribution in [0.15, 0.2) is 54.9 Å². The van der Waals surface area contributed by atoms with E-state index in [4.69, 9.17) is 4.74 Å². The lowest BCUT2D eigenvalue weighted by Crippen LogP contribution is -2.39. The van der Waals surface area contributed by atoms with Crippen LogP contribution in [-0.4, -0.2) is 61.3 Å². The highest BCUT2D eigenvalue weighted by Crippen LogP contribution is 2.38. The predicted molar refractivity (Wildman–Crippen MR) is 133 cm³/mol. The number of carbonyl (C=O) groups excluding carboxylic acids is 2. The minimum absolute atomic E-state index is 0.0794. The summed E-state index contributed by atoms with van der Waals surface area (Å²) in [4.78, 5) is 32.2. The number of likely N-dealkylation sites (tertiary alicyclic amines) is 1. The van der Waals surface area contributed by atoms with Crippen LogP contribution < -0.4 is 4.74 Å². The van der Waals surface area contributed by atoms with Crippen molar-refractivity contribution in [3.8, 4) is 5.75 Å². The van der Waals surface area contributed by atoms with Crippen molar-refractivity contribution in [3.63, 3.8) is 0 Å². The van der Waals surface area contributed by atoms with Crippen molar-refractivity contribution in [1.82, 2.24) is 29.4 Å². The van der Waals surface area contributed by atoms with Gasteiger partial charge in [0.15, 0.2) is 5.78 Å². The number of benzene rings is 2. The zero-order chi connectivity index (χ0) is 24.6. The van der Waals surface area contributed by atoms with Gasteiger partial charge in [-0.15, -0.1) is 5.10 Å². The molecule has 2 aromatic heterocycles. The average molecular weight is 485 g/mol. The molecular formula is C27H28N6O3. The smallest absolute Gasteiger partial charge is 0.223 e. The summed E-state index contributed by atoms with van der Waals surface area (Å²) in [6.07, 6.45) is 6.26. The van der Waals surface area contributed by atoms with Gasteiger partial charge in [-0.2, -0.15) is 0 Å². The number of piperidine rings is 1. The number of aromatic nitrogens is 5. The maximum Gasteiger partial charge on any atom is 0.223 e. The molecule has 1 unspecified atom stereocenters. The lowest BCUT2D eigenvalue weighted by atomic mass is 9.93. The normalized spacial score (nSPS) is 18.1. The standard InChI is InChI=1S/C27H28N6O3/c1-36-20-6-7-21-22(16-20)19(14-25(21)34)15-26(35)31-11-8-18(9-12-31)27-28-10-13-32(27)17-33-24-5-3-2-4-23(24)29-30-33/h2-7,10,13,16,18-19H,8-9,11-12,14-15,17H2,1H3. The number of rotatable bonds is 6. The molecule has 4 aromatic rings. The van der Waals surface area contributed by atoms with Crippen LogP contribution in [0, 0.1) is 0 Å². The van der Waals surface area contributed by atoms with Gasteiger partial charge in [0.05, 0.1) is 12.6 Å².